The maximum atomic E-state index is 13.0. The molecule has 0 aromatic rings. The van der Waals surface area contributed by atoms with Crippen molar-refractivity contribution in [3.8, 4) is 0 Å². The Morgan fingerprint density at radius 2 is 1.92 bits per heavy atom. The third-order valence-electron chi connectivity index (χ3n) is 6.19. The first-order valence-electron chi connectivity index (χ1n) is 9.32. The first-order chi connectivity index (χ1) is 11.7. The van der Waals surface area contributed by atoms with Crippen LogP contribution in [0.25, 0.3) is 0 Å². The third-order valence-corrected chi connectivity index (χ3v) is 6.19. The Bertz CT molecular complexity index is 593. The zero-order valence-electron chi connectivity index (χ0n) is 15.8. The number of likely N-dealkylation sites (N-methyl/N-ethyl adjacent to an activating group) is 1. The van der Waals surface area contributed by atoms with Crippen LogP contribution < -0.4 is 16.4 Å². The highest BCUT2D eigenvalue weighted by Gasteiger charge is 2.59. The Kier molecular flexibility index (Phi) is 5.93. The number of likely N-dealkylation sites (tertiary alicyclic amines) is 1. The first kappa shape index (κ1) is 21.0. The maximum Gasteiger partial charge on any atom is 0.240 e. The number of hydrogen-bond donors (Lipinski definition) is 3. The molecule has 2 heterocycles. The van der Waals surface area contributed by atoms with Crippen molar-refractivity contribution in [1.82, 2.24) is 15.5 Å². The molecule has 3 atom stereocenters. The predicted molar refractivity (Wildman–Crippen MR) is 101 cm³/mol. The lowest BCUT2D eigenvalue weighted by atomic mass is 9.75. The molecule has 148 valence electrons. The van der Waals surface area contributed by atoms with Crippen LogP contribution in [0, 0.1) is 11.3 Å². The molecule has 2 aliphatic heterocycles. The van der Waals surface area contributed by atoms with E-state index in [1.54, 1.807) is 11.9 Å². The van der Waals surface area contributed by atoms with E-state index < -0.39 is 17.4 Å². The van der Waals surface area contributed by atoms with Crippen molar-refractivity contribution in [2.24, 2.45) is 17.1 Å². The molecule has 3 rings (SSSR count). The molecular formula is C18H31ClN4O3. The minimum Gasteiger partial charge on any atom is -0.368 e. The molecule has 3 fully saturated rings. The number of nitrogens with zero attached hydrogens (tertiary/aromatic N) is 1. The van der Waals surface area contributed by atoms with Crippen LogP contribution in [0.1, 0.15) is 52.4 Å². The molecule has 7 nitrogen and oxygen atoms in total. The maximum absolute atomic E-state index is 13.0. The van der Waals surface area contributed by atoms with E-state index >= 15 is 0 Å². The summed E-state index contributed by atoms with van der Waals surface area (Å²) in [5.41, 5.74) is 4.91. The lowest BCUT2D eigenvalue weighted by Crippen LogP contribution is -2.54. The fourth-order valence-corrected chi connectivity index (χ4v) is 4.38. The van der Waals surface area contributed by atoms with E-state index in [-0.39, 0.29) is 42.3 Å². The zero-order chi connectivity index (χ0) is 18.4. The lowest BCUT2D eigenvalue weighted by Gasteiger charge is -2.37. The van der Waals surface area contributed by atoms with Crippen LogP contribution in [0.5, 0.6) is 0 Å². The largest absolute Gasteiger partial charge is 0.368 e. The second-order valence-electron chi connectivity index (χ2n) is 8.57. The smallest absolute Gasteiger partial charge is 0.240 e. The average molecular weight is 387 g/mol. The van der Waals surface area contributed by atoms with Crippen molar-refractivity contribution in [2.75, 3.05) is 13.6 Å². The average Bonchev–Trinajstić information content (AvgIpc) is 3.18. The van der Waals surface area contributed by atoms with Crippen molar-refractivity contribution in [2.45, 2.75) is 70.0 Å². The van der Waals surface area contributed by atoms with Gasteiger partial charge in [0.05, 0.1) is 11.5 Å². The molecule has 2 spiro atoms. The molecule has 0 unspecified atom stereocenters. The van der Waals surface area contributed by atoms with Crippen molar-refractivity contribution < 1.29 is 14.4 Å². The fraction of sp³-hybridized carbons (Fsp3) is 0.833. The summed E-state index contributed by atoms with van der Waals surface area (Å²) < 4.78 is 0. The summed E-state index contributed by atoms with van der Waals surface area (Å²) in [7, 11) is 1.75. The summed E-state index contributed by atoms with van der Waals surface area (Å²) in [6.45, 7) is 4.40. The number of primary amides is 1. The van der Waals surface area contributed by atoms with Crippen LogP contribution in [-0.2, 0) is 14.4 Å². The van der Waals surface area contributed by atoms with Crippen LogP contribution in [0.15, 0.2) is 0 Å². The Balaban J connectivity index is 0.00000243. The van der Waals surface area contributed by atoms with Crippen molar-refractivity contribution >= 4 is 30.1 Å². The van der Waals surface area contributed by atoms with Crippen LogP contribution in [0.3, 0.4) is 0 Å². The third kappa shape index (κ3) is 3.69. The molecule has 1 aliphatic carbocycles. The Morgan fingerprint density at radius 1 is 1.31 bits per heavy atom. The normalized spacial score (nSPS) is 30.2. The van der Waals surface area contributed by atoms with Crippen molar-refractivity contribution in [3.63, 3.8) is 0 Å². The van der Waals surface area contributed by atoms with Gasteiger partial charge in [-0.05, 0) is 51.5 Å². The number of halogens is 1. The molecule has 8 heteroatoms. The molecule has 1 saturated carbocycles. The van der Waals surface area contributed by atoms with Crippen LogP contribution in [-0.4, -0.2) is 53.8 Å². The standard InChI is InChI=1S/C18H30N4O3.ClH/c1-11(2)8-12(20-3)15(24)22-10-17(9-13(22)14(19)23)4-5-18(6-7-18)21-16(17)25;/h11-13,20H,4-10H2,1-3H3,(H2,19,23)(H,21,25);1H/t12-,13-,17-;/m0./s1. The summed E-state index contributed by atoms with van der Waals surface area (Å²) in [5, 5.41) is 6.20. The van der Waals surface area contributed by atoms with Gasteiger partial charge in [0.25, 0.3) is 0 Å². The molecule has 0 aromatic carbocycles. The SMILES string of the molecule is CN[C@@H](CC(C)C)C(=O)N1C[C@]2(CCC3(CC3)NC2=O)C[C@H]1C(N)=O.Cl. The molecule has 0 aromatic heterocycles. The van der Waals surface area contributed by atoms with Crippen LogP contribution >= 0.6 is 12.4 Å². The second-order valence-corrected chi connectivity index (χ2v) is 8.57. The molecule has 2 saturated heterocycles. The van der Waals surface area contributed by atoms with Crippen molar-refractivity contribution in [1.29, 1.82) is 0 Å². The summed E-state index contributed by atoms with van der Waals surface area (Å²) in [6.07, 6.45) is 4.74. The minimum absolute atomic E-state index is 0. The van der Waals surface area contributed by atoms with Gasteiger partial charge >= 0.3 is 0 Å². The van der Waals surface area contributed by atoms with E-state index in [0.29, 0.717) is 18.8 Å². The van der Waals surface area contributed by atoms with E-state index in [2.05, 4.69) is 24.5 Å². The topological polar surface area (TPSA) is 105 Å². The van der Waals surface area contributed by atoms with Gasteiger partial charge in [0.15, 0.2) is 0 Å². The number of piperidine rings is 1. The van der Waals surface area contributed by atoms with Crippen LogP contribution in [0.4, 0.5) is 0 Å². The highest BCUT2D eigenvalue weighted by molar-refractivity contribution is 5.93. The number of amides is 3. The highest BCUT2D eigenvalue weighted by atomic mass is 35.5. The number of hydrogen-bond acceptors (Lipinski definition) is 4. The number of nitrogens with one attached hydrogen (secondary N) is 2. The fourth-order valence-electron chi connectivity index (χ4n) is 4.38. The van der Waals surface area contributed by atoms with Crippen molar-refractivity contribution in [3.05, 3.63) is 0 Å². The quantitative estimate of drug-likeness (QED) is 0.642. The summed E-state index contributed by atoms with van der Waals surface area (Å²) >= 11 is 0. The second kappa shape index (κ2) is 7.35. The van der Waals surface area contributed by atoms with E-state index in [0.717, 1.165) is 25.7 Å². The number of carbonyl (C=O) groups excluding carboxylic acids is 3. The van der Waals surface area contributed by atoms with Gasteiger partial charge in [-0.25, -0.2) is 0 Å². The van der Waals surface area contributed by atoms with Gasteiger partial charge in [0, 0.05) is 12.1 Å². The first-order valence-corrected chi connectivity index (χ1v) is 9.32. The molecule has 3 aliphatic rings. The molecule has 0 radical (unpaired) electrons. The van der Waals surface area contributed by atoms with Gasteiger partial charge in [0.1, 0.15) is 6.04 Å². The van der Waals surface area contributed by atoms with Gasteiger partial charge in [-0.15, -0.1) is 12.4 Å². The predicted octanol–water partition coefficient (Wildman–Crippen LogP) is 0.558. The summed E-state index contributed by atoms with van der Waals surface area (Å²) in [4.78, 5) is 39.4. The minimum atomic E-state index is -0.700. The number of rotatable bonds is 5. The number of carbonyl (C=O) groups is 3. The molecular weight excluding hydrogens is 356 g/mol. The van der Waals surface area contributed by atoms with E-state index in [1.807, 2.05) is 0 Å². The van der Waals surface area contributed by atoms with Gasteiger partial charge in [0.2, 0.25) is 17.7 Å². The Hall–Kier alpha value is -1.34. The monoisotopic (exact) mass is 386 g/mol. The molecule has 4 N–H and O–H groups in total. The molecule has 3 amide bonds. The zero-order valence-corrected chi connectivity index (χ0v) is 16.7. The molecule has 26 heavy (non-hydrogen) atoms. The Labute approximate surface area is 161 Å². The summed E-state index contributed by atoms with van der Waals surface area (Å²) in [5.74, 6) is -0.319. The number of nitrogens with two attached hydrogens (primary N) is 1. The van der Waals surface area contributed by atoms with Gasteiger partial charge in [-0.3, -0.25) is 14.4 Å². The summed E-state index contributed by atoms with van der Waals surface area (Å²) in [6, 6.07) is -1.06. The van der Waals surface area contributed by atoms with Gasteiger partial charge in [-0.2, -0.15) is 0 Å². The van der Waals surface area contributed by atoms with Crippen LogP contribution in [0.2, 0.25) is 0 Å². The van der Waals surface area contributed by atoms with E-state index in [4.69, 9.17) is 5.73 Å². The van der Waals surface area contributed by atoms with Gasteiger partial charge < -0.3 is 21.3 Å². The van der Waals surface area contributed by atoms with Gasteiger partial charge in [-0.1, -0.05) is 13.8 Å². The molecule has 0 bridgehead atoms. The highest BCUT2D eigenvalue weighted by Crippen LogP contribution is 2.50. The van der Waals surface area contributed by atoms with E-state index in [9.17, 15) is 14.4 Å². The van der Waals surface area contributed by atoms with E-state index in [1.165, 1.54) is 0 Å². The Morgan fingerprint density at radius 3 is 2.38 bits per heavy atom. The lowest BCUT2D eigenvalue weighted by molar-refractivity contribution is -0.140.